The molecule has 0 aliphatic carbocycles. The van der Waals surface area contributed by atoms with Gasteiger partial charge in [-0.05, 0) is 24.3 Å². The molecule has 0 aromatic heterocycles. The molecule has 0 bridgehead atoms. The van der Waals surface area contributed by atoms with Crippen LogP contribution in [0.5, 0.6) is 0 Å². The van der Waals surface area contributed by atoms with Crippen LogP contribution in [-0.2, 0) is 11.0 Å². The fraction of sp³-hybridized carbons (Fsp3) is 0.176. The van der Waals surface area contributed by atoms with E-state index in [0.717, 1.165) is 18.3 Å². The van der Waals surface area contributed by atoms with Gasteiger partial charge in [0, 0.05) is 25.0 Å². The molecule has 0 aliphatic rings. The molecule has 4 nitrogen and oxygen atoms in total. The first-order valence-electron chi connectivity index (χ1n) is 6.88. The number of nitriles is 1. The Bertz CT molecular complexity index is 660. The highest BCUT2D eigenvalue weighted by molar-refractivity contribution is 5.97. The number of halogens is 3. The van der Waals surface area contributed by atoms with Gasteiger partial charge in [-0.1, -0.05) is 12.2 Å². The number of amides is 1. The largest absolute Gasteiger partial charge is 0.416 e. The van der Waals surface area contributed by atoms with E-state index in [9.17, 15) is 18.0 Å². The molecule has 0 fully saturated rings. The molecular formula is C17H16F3N3O. The number of nitrogens with one attached hydrogen (secondary N) is 1. The molecule has 1 aromatic rings. The average molecular weight is 335 g/mol. The van der Waals surface area contributed by atoms with Crippen LogP contribution in [0.25, 0.3) is 0 Å². The van der Waals surface area contributed by atoms with Gasteiger partial charge in [0.2, 0.25) is 0 Å². The van der Waals surface area contributed by atoms with Crippen LogP contribution in [0.4, 0.5) is 18.9 Å². The van der Waals surface area contributed by atoms with Gasteiger partial charge in [0.15, 0.2) is 0 Å². The summed E-state index contributed by atoms with van der Waals surface area (Å²) >= 11 is 0. The molecule has 0 heterocycles. The first kappa shape index (κ1) is 19.0. The number of carbonyl (C=O) groups is 1. The molecule has 0 saturated carbocycles. The Hall–Kier alpha value is -3.01. The van der Waals surface area contributed by atoms with E-state index in [0.29, 0.717) is 5.69 Å². The van der Waals surface area contributed by atoms with Gasteiger partial charge in [0.25, 0.3) is 5.91 Å². The zero-order valence-corrected chi connectivity index (χ0v) is 12.8. The number of rotatable bonds is 7. The summed E-state index contributed by atoms with van der Waals surface area (Å²) in [4.78, 5) is 13.6. The molecule has 7 heteroatoms. The summed E-state index contributed by atoms with van der Waals surface area (Å²) in [6.07, 6.45) is -0.235. The maximum atomic E-state index is 12.5. The van der Waals surface area contributed by atoms with Crippen LogP contribution in [0.15, 0.2) is 61.3 Å². The van der Waals surface area contributed by atoms with Gasteiger partial charge in [-0.3, -0.25) is 4.79 Å². The molecule has 1 rings (SSSR count). The molecule has 0 radical (unpaired) electrons. The highest BCUT2D eigenvalue weighted by Gasteiger charge is 2.29. The van der Waals surface area contributed by atoms with Crippen LogP contribution in [0, 0.1) is 11.3 Å². The molecule has 0 spiro atoms. The third-order valence-corrected chi connectivity index (χ3v) is 2.93. The third-order valence-electron chi connectivity index (χ3n) is 2.93. The van der Waals surface area contributed by atoms with E-state index in [4.69, 9.17) is 5.26 Å². The van der Waals surface area contributed by atoms with Crippen LogP contribution >= 0.6 is 0 Å². The number of alkyl halides is 3. The first-order valence-corrected chi connectivity index (χ1v) is 6.88. The molecule has 1 amide bonds. The lowest BCUT2D eigenvalue weighted by Gasteiger charge is -2.18. The topological polar surface area (TPSA) is 56.1 Å². The van der Waals surface area contributed by atoms with Crippen molar-refractivity contribution in [3.8, 4) is 6.07 Å². The van der Waals surface area contributed by atoms with Gasteiger partial charge in [-0.15, -0.1) is 13.2 Å². The van der Waals surface area contributed by atoms with Gasteiger partial charge >= 0.3 is 6.18 Å². The number of carbonyl (C=O) groups excluding carboxylic acids is 1. The number of hydrogen-bond donors (Lipinski definition) is 1. The van der Waals surface area contributed by atoms with Crippen molar-refractivity contribution in [3.63, 3.8) is 0 Å². The summed E-state index contributed by atoms with van der Waals surface area (Å²) in [6, 6.07) is 6.01. The standard InChI is InChI=1S/C17H16F3N3O/c1-3-9-23(10-4-2)16(24)13(11-21)12-22-15-7-5-14(6-8-15)17(18,19)20/h3-8,12,22H,1-2,9-10H2/b13-12-. The summed E-state index contributed by atoms with van der Waals surface area (Å²) in [5.74, 6) is -0.531. The molecule has 0 atom stereocenters. The minimum atomic E-state index is -4.42. The lowest BCUT2D eigenvalue weighted by molar-refractivity contribution is -0.137. The van der Waals surface area contributed by atoms with Crippen molar-refractivity contribution in [1.29, 1.82) is 5.26 Å². The Morgan fingerprint density at radius 1 is 1.21 bits per heavy atom. The second-order valence-corrected chi connectivity index (χ2v) is 4.68. The molecule has 1 N–H and O–H groups in total. The second-order valence-electron chi connectivity index (χ2n) is 4.68. The minimum absolute atomic E-state index is 0.182. The highest BCUT2D eigenvalue weighted by Crippen LogP contribution is 2.29. The minimum Gasteiger partial charge on any atom is -0.360 e. The molecule has 1 aromatic carbocycles. The fourth-order valence-electron chi connectivity index (χ4n) is 1.78. The van der Waals surface area contributed by atoms with Crippen molar-refractivity contribution in [2.24, 2.45) is 0 Å². The highest BCUT2D eigenvalue weighted by atomic mass is 19.4. The van der Waals surface area contributed by atoms with Crippen LogP contribution in [0.3, 0.4) is 0 Å². The fourth-order valence-corrected chi connectivity index (χ4v) is 1.78. The third kappa shape index (κ3) is 5.32. The second kappa shape index (κ2) is 8.58. The van der Waals surface area contributed by atoms with Crippen molar-refractivity contribution in [2.45, 2.75) is 6.18 Å². The number of benzene rings is 1. The van der Waals surface area contributed by atoms with Crippen molar-refractivity contribution < 1.29 is 18.0 Å². The molecule has 24 heavy (non-hydrogen) atoms. The number of hydrogen-bond acceptors (Lipinski definition) is 3. The normalized spacial score (nSPS) is 11.3. The Balaban J connectivity index is 2.89. The van der Waals surface area contributed by atoms with E-state index in [-0.39, 0.29) is 18.7 Å². The summed E-state index contributed by atoms with van der Waals surface area (Å²) < 4.78 is 37.5. The van der Waals surface area contributed by atoms with Crippen molar-refractivity contribution in [2.75, 3.05) is 18.4 Å². The summed E-state index contributed by atoms with van der Waals surface area (Å²) in [5, 5.41) is 11.7. The predicted octanol–water partition coefficient (Wildman–Crippen LogP) is 3.73. The Morgan fingerprint density at radius 2 is 1.75 bits per heavy atom. The van der Waals surface area contributed by atoms with E-state index in [1.54, 1.807) is 6.07 Å². The summed E-state index contributed by atoms with van der Waals surface area (Å²) in [5.41, 5.74) is -0.641. The van der Waals surface area contributed by atoms with Gasteiger partial charge < -0.3 is 10.2 Å². The van der Waals surface area contributed by atoms with Crippen molar-refractivity contribution in [1.82, 2.24) is 4.90 Å². The van der Waals surface area contributed by atoms with Crippen LogP contribution in [-0.4, -0.2) is 23.9 Å². The van der Waals surface area contributed by atoms with E-state index in [2.05, 4.69) is 18.5 Å². The SMILES string of the molecule is C=CCN(CC=C)C(=O)/C(C#N)=C\Nc1ccc(C(F)(F)F)cc1. The Kier molecular flexibility index (Phi) is 6.80. The molecule has 0 saturated heterocycles. The lowest BCUT2D eigenvalue weighted by atomic mass is 10.2. The molecule has 126 valence electrons. The summed E-state index contributed by atoms with van der Waals surface area (Å²) in [7, 11) is 0. The van der Waals surface area contributed by atoms with E-state index in [1.807, 2.05) is 0 Å². The van der Waals surface area contributed by atoms with E-state index >= 15 is 0 Å². The maximum Gasteiger partial charge on any atom is 0.416 e. The van der Waals surface area contributed by atoms with Crippen molar-refractivity contribution >= 4 is 11.6 Å². The first-order chi connectivity index (χ1) is 11.3. The van der Waals surface area contributed by atoms with E-state index < -0.39 is 17.6 Å². The van der Waals surface area contributed by atoms with Crippen LogP contribution < -0.4 is 5.32 Å². The molecule has 0 aliphatic heterocycles. The average Bonchev–Trinajstić information content (AvgIpc) is 2.54. The zero-order chi connectivity index (χ0) is 18.2. The van der Waals surface area contributed by atoms with Gasteiger partial charge in [-0.25, -0.2) is 0 Å². The lowest BCUT2D eigenvalue weighted by Crippen LogP contribution is -2.32. The van der Waals surface area contributed by atoms with Crippen molar-refractivity contribution in [3.05, 3.63) is 66.9 Å². The van der Waals surface area contributed by atoms with Crippen LogP contribution in [0.2, 0.25) is 0 Å². The zero-order valence-electron chi connectivity index (χ0n) is 12.8. The maximum absolute atomic E-state index is 12.5. The molecular weight excluding hydrogens is 319 g/mol. The van der Waals surface area contributed by atoms with Crippen LogP contribution in [0.1, 0.15) is 5.56 Å². The Labute approximate surface area is 138 Å². The van der Waals surface area contributed by atoms with E-state index in [1.165, 1.54) is 29.2 Å². The summed E-state index contributed by atoms with van der Waals surface area (Å²) in [6.45, 7) is 7.55. The van der Waals surface area contributed by atoms with Gasteiger partial charge in [-0.2, -0.15) is 18.4 Å². The smallest absolute Gasteiger partial charge is 0.360 e. The number of nitrogens with zero attached hydrogens (tertiary/aromatic N) is 2. The number of anilines is 1. The predicted molar refractivity (Wildman–Crippen MR) is 85.7 cm³/mol. The monoisotopic (exact) mass is 335 g/mol. The van der Waals surface area contributed by atoms with Gasteiger partial charge in [0.05, 0.1) is 5.56 Å². The quantitative estimate of drug-likeness (QED) is 0.469. The molecule has 0 unspecified atom stereocenters. The Morgan fingerprint density at radius 3 is 2.17 bits per heavy atom. The van der Waals surface area contributed by atoms with Gasteiger partial charge in [0.1, 0.15) is 11.6 Å².